The number of aryl methyl sites for hydroxylation is 2. The molecule has 8 heteroatoms. The van der Waals surface area contributed by atoms with Crippen LogP contribution in [0, 0.1) is 6.92 Å². The van der Waals surface area contributed by atoms with Crippen LogP contribution >= 0.6 is 11.6 Å². The van der Waals surface area contributed by atoms with Crippen LogP contribution in [0.25, 0.3) is 11.3 Å². The lowest BCUT2D eigenvalue weighted by atomic mass is 9.86. The quantitative estimate of drug-likeness (QED) is 0.237. The summed E-state index contributed by atoms with van der Waals surface area (Å²) < 4.78 is 18.1. The second-order valence-corrected chi connectivity index (χ2v) is 9.08. The molecule has 7 nitrogen and oxygen atoms in total. The predicted molar refractivity (Wildman–Crippen MR) is 126 cm³/mol. The number of aliphatic imine (C=N–C) groups is 1. The molecule has 1 aliphatic heterocycles. The van der Waals surface area contributed by atoms with E-state index in [1.54, 1.807) is 11.6 Å². The van der Waals surface area contributed by atoms with E-state index in [0.717, 1.165) is 22.5 Å². The zero-order chi connectivity index (χ0) is 23.5. The van der Waals surface area contributed by atoms with Gasteiger partial charge in [0.15, 0.2) is 5.76 Å². The second kappa shape index (κ2) is 9.77. The van der Waals surface area contributed by atoms with Crippen molar-refractivity contribution in [3.05, 3.63) is 52.8 Å². The number of rotatable bonds is 8. The number of carbonyl (C=O) groups excluding carboxylic acids is 1. The SMILES string of the molecule is Cc1cc(/C(OC(C)OC(=O)OCCCl)=C(/c2ccc(C(C)(C)C)cc2)C2C=N2)n(C)n1. The number of benzene rings is 1. The van der Waals surface area contributed by atoms with E-state index < -0.39 is 12.4 Å². The van der Waals surface area contributed by atoms with Crippen LogP contribution in [-0.4, -0.2) is 47.0 Å². The summed E-state index contributed by atoms with van der Waals surface area (Å²) in [5, 5.41) is 4.46. The normalized spacial score (nSPS) is 16.9. The summed E-state index contributed by atoms with van der Waals surface area (Å²) in [7, 11) is 1.85. The summed E-state index contributed by atoms with van der Waals surface area (Å²) in [4.78, 5) is 16.3. The summed E-state index contributed by atoms with van der Waals surface area (Å²) in [6.07, 6.45) is 0.128. The zero-order valence-electron chi connectivity index (χ0n) is 19.4. The number of hydrogen-bond donors (Lipinski definition) is 0. The maximum atomic E-state index is 11.9. The fraction of sp³-hybridized carbons (Fsp3) is 0.458. The van der Waals surface area contributed by atoms with E-state index in [9.17, 15) is 4.79 Å². The molecular weight excluding hydrogens is 430 g/mol. The van der Waals surface area contributed by atoms with E-state index in [0.29, 0.717) is 5.76 Å². The molecule has 2 unspecified atom stereocenters. The molecule has 0 aliphatic carbocycles. The smallest absolute Gasteiger partial charge is 0.452 e. The monoisotopic (exact) mass is 459 g/mol. The molecule has 0 saturated heterocycles. The van der Waals surface area contributed by atoms with Gasteiger partial charge in [-0.1, -0.05) is 45.0 Å². The van der Waals surface area contributed by atoms with E-state index in [1.807, 2.05) is 26.3 Å². The minimum absolute atomic E-state index is 0.0444. The molecule has 0 saturated carbocycles. The fourth-order valence-electron chi connectivity index (χ4n) is 3.34. The van der Waals surface area contributed by atoms with E-state index in [1.165, 1.54) is 5.56 Å². The van der Waals surface area contributed by atoms with Gasteiger partial charge in [-0.05, 0) is 29.5 Å². The summed E-state index contributed by atoms with van der Waals surface area (Å²) in [6.45, 7) is 10.2. The average molecular weight is 460 g/mol. The fourth-order valence-corrected chi connectivity index (χ4v) is 3.42. The third-order valence-electron chi connectivity index (χ3n) is 4.98. The van der Waals surface area contributed by atoms with E-state index in [4.69, 9.17) is 25.8 Å². The summed E-state index contributed by atoms with van der Waals surface area (Å²) >= 11 is 5.56. The molecule has 2 atom stereocenters. The van der Waals surface area contributed by atoms with Gasteiger partial charge in [0.2, 0.25) is 6.29 Å². The molecule has 2 aromatic rings. The van der Waals surface area contributed by atoms with Gasteiger partial charge in [0.25, 0.3) is 0 Å². The number of alkyl halides is 1. The molecule has 0 bridgehead atoms. The molecule has 1 aromatic carbocycles. The second-order valence-electron chi connectivity index (χ2n) is 8.70. The van der Waals surface area contributed by atoms with Crippen LogP contribution in [-0.2, 0) is 26.7 Å². The Kier molecular flexibility index (Phi) is 7.29. The first-order valence-electron chi connectivity index (χ1n) is 10.6. The van der Waals surface area contributed by atoms with Crippen LogP contribution in [0.5, 0.6) is 0 Å². The van der Waals surface area contributed by atoms with Crippen molar-refractivity contribution in [3.8, 4) is 0 Å². The van der Waals surface area contributed by atoms with Crippen LogP contribution < -0.4 is 0 Å². The van der Waals surface area contributed by atoms with Crippen molar-refractivity contribution in [1.82, 2.24) is 9.78 Å². The molecule has 0 N–H and O–H groups in total. The molecular formula is C24H30ClN3O4. The van der Waals surface area contributed by atoms with Crippen LogP contribution in [0.2, 0.25) is 0 Å². The largest absolute Gasteiger partial charge is 0.511 e. The number of carbonyl (C=O) groups is 1. The number of nitrogens with zero attached hydrogens (tertiary/aromatic N) is 3. The first-order chi connectivity index (χ1) is 15.1. The maximum Gasteiger partial charge on any atom is 0.511 e. The highest BCUT2D eigenvalue weighted by Crippen LogP contribution is 2.36. The Labute approximate surface area is 194 Å². The van der Waals surface area contributed by atoms with Gasteiger partial charge in [-0.25, -0.2) is 4.79 Å². The van der Waals surface area contributed by atoms with Crippen molar-refractivity contribution in [3.63, 3.8) is 0 Å². The van der Waals surface area contributed by atoms with Gasteiger partial charge < -0.3 is 14.2 Å². The van der Waals surface area contributed by atoms with Crippen LogP contribution in [0.3, 0.4) is 0 Å². The molecule has 1 aliphatic rings. The minimum Gasteiger partial charge on any atom is -0.452 e. The van der Waals surface area contributed by atoms with Crippen molar-refractivity contribution in [2.75, 3.05) is 12.5 Å². The molecule has 0 spiro atoms. The zero-order valence-corrected chi connectivity index (χ0v) is 20.1. The highest BCUT2D eigenvalue weighted by Gasteiger charge is 2.30. The lowest BCUT2D eigenvalue weighted by Crippen LogP contribution is -2.21. The number of ether oxygens (including phenoxy) is 3. The Hall–Kier alpha value is -2.80. The maximum absolute atomic E-state index is 11.9. The van der Waals surface area contributed by atoms with Gasteiger partial charge in [0.05, 0.1) is 11.6 Å². The lowest BCUT2D eigenvalue weighted by molar-refractivity contribution is -0.0659. The molecule has 0 radical (unpaired) electrons. The first-order valence-corrected chi connectivity index (χ1v) is 11.1. The van der Waals surface area contributed by atoms with Crippen LogP contribution in [0.15, 0.2) is 35.3 Å². The van der Waals surface area contributed by atoms with Crippen molar-refractivity contribution in [2.45, 2.75) is 52.4 Å². The van der Waals surface area contributed by atoms with Crippen LogP contribution in [0.1, 0.15) is 50.2 Å². The molecule has 3 rings (SSSR count). The van der Waals surface area contributed by atoms with Gasteiger partial charge in [0, 0.05) is 25.8 Å². The van der Waals surface area contributed by atoms with E-state index >= 15 is 0 Å². The Bertz CT molecular complexity index is 1010. The number of halogens is 1. The standard InChI is InChI=1S/C24H30ClN3O4/c1-15-13-20(28(6)27-15)22(31-16(2)32-23(29)30-12-11-25)21(19-14-26-19)17-7-9-18(10-8-17)24(3,4)5/h7-10,13-14,16,19H,11-12H2,1-6H3/b22-21+. The van der Waals surface area contributed by atoms with E-state index in [2.05, 4.69) is 55.1 Å². The summed E-state index contributed by atoms with van der Waals surface area (Å²) in [5.74, 6) is 0.745. The molecule has 172 valence electrons. The molecule has 0 amide bonds. The van der Waals surface area contributed by atoms with Crippen molar-refractivity contribution >= 4 is 35.3 Å². The first kappa shape index (κ1) is 23.9. The Morgan fingerprint density at radius 3 is 2.38 bits per heavy atom. The third-order valence-corrected chi connectivity index (χ3v) is 5.13. The number of aromatic nitrogens is 2. The summed E-state index contributed by atoms with van der Waals surface area (Å²) in [5.41, 5.74) is 4.75. The lowest BCUT2D eigenvalue weighted by Gasteiger charge is -2.22. The molecule has 32 heavy (non-hydrogen) atoms. The minimum atomic E-state index is -0.898. The van der Waals surface area contributed by atoms with Crippen molar-refractivity contribution in [2.24, 2.45) is 12.0 Å². The molecule has 2 heterocycles. The predicted octanol–water partition coefficient (Wildman–Crippen LogP) is 5.10. The average Bonchev–Trinajstić information content (AvgIpc) is 3.49. The molecule has 0 fully saturated rings. The van der Waals surface area contributed by atoms with Gasteiger partial charge >= 0.3 is 6.16 Å². The van der Waals surface area contributed by atoms with Crippen LogP contribution in [0.4, 0.5) is 4.79 Å². The highest BCUT2D eigenvalue weighted by molar-refractivity contribution is 6.18. The van der Waals surface area contributed by atoms with Gasteiger partial charge in [-0.2, -0.15) is 5.10 Å². The van der Waals surface area contributed by atoms with Crippen molar-refractivity contribution in [1.29, 1.82) is 0 Å². The Morgan fingerprint density at radius 1 is 1.22 bits per heavy atom. The Morgan fingerprint density at radius 2 is 1.88 bits per heavy atom. The topological polar surface area (TPSA) is 74.9 Å². The third kappa shape index (κ3) is 5.91. The van der Waals surface area contributed by atoms with E-state index in [-0.39, 0.29) is 23.9 Å². The highest BCUT2D eigenvalue weighted by atomic mass is 35.5. The summed E-state index contributed by atoms with van der Waals surface area (Å²) in [6, 6.07) is 10.2. The number of hydrogen-bond acceptors (Lipinski definition) is 6. The molecule has 1 aromatic heterocycles. The van der Waals surface area contributed by atoms with Gasteiger partial charge in [0.1, 0.15) is 18.3 Å². The van der Waals surface area contributed by atoms with Gasteiger partial charge in [-0.3, -0.25) is 9.67 Å². The van der Waals surface area contributed by atoms with Crippen molar-refractivity contribution < 1.29 is 19.0 Å². The Balaban J connectivity index is 2.01. The van der Waals surface area contributed by atoms with Gasteiger partial charge in [-0.15, -0.1) is 11.6 Å².